The molecule has 0 heterocycles. The lowest BCUT2D eigenvalue weighted by Gasteiger charge is -2.29. The average molecular weight is 285 g/mol. The van der Waals surface area contributed by atoms with Gasteiger partial charge in [-0.3, -0.25) is 0 Å². The third-order valence-electron chi connectivity index (χ3n) is 3.72. The highest BCUT2D eigenvalue weighted by Gasteiger charge is 2.26. The first-order chi connectivity index (χ1) is 9.97. The zero-order valence-corrected chi connectivity index (χ0v) is 12.1. The molecular formula is C17H19NO3. The maximum Gasteiger partial charge on any atom is 0.283 e. The molecule has 0 aliphatic heterocycles. The Morgan fingerprint density at radius 1 is 0.905 bits per heavy atom. The summed E-state index contributed by atoms with van der Waals surface area (Å²) in [7, 11) is 0. The molecule has 4 nitrogen and oxygen atoms in total. The largest absolute Gasteiger partial charge is 0.508 e. The maximum absolute atomic E-state index is 9.37. The normalized spacial score (nSPS) is 10.1. The van der Waals surface area contributed by atoms with Crippen molar-refractivity contribution in [3.05, 3.63) is 59.7 Å². The molecule has 0 saturated heterocycles. The first-order valence-electron chi connectivity index (χ1n) is 6.60. The van der Waals surface area contributed by atoms with E-state index < -0.39 is 0 Å². The Balaban J connectivity index is 0.000000677. The fourth-order valence-electron chi connectivity index (χ4n) is 2.23. The lowest BCUT2D eigenvalue weighted by molar-refractivity contribution is 0.472. The minimum atomic E-state index is -0.110. The molecule has 0 fully saturated rings. The first kappa shape index (κ1) is 16.4. The molecule has 2 rings (SSSR count). The van der Waals surface area contributed by atoms with Gasteiger partial charge in [-0.05, 0) is 41.8 Å². The van der Waals surface area contributed by atoms with E-state index in [1.165, 1.54) is 0 Å². The highest BCUT2D eigenvalue weighted by molar-refractivity contribution is 5.41. The molecule has 21 heavy (non-hydrogen) atoms. The van der Waals surface area contributed by atoms with E-state index in [-0.39, 0.29) is 16.9 Å². The summed E-state index contributed by atoms with van der Waals surface area (Å²) >= 11 is 0. The van der Waals surface area contributed by atoms with Gasteiger partial charge in [0, 0.05) is 5.41 Å². The number of benzene rings is 2. The summed E-state index contributed by atoms with van der Waals surface area (Å²) in [5.74, 6) is 0.561. The Morgan fingerprint density at radius 3 is 1.43 bits per heavy atom. The van der Waals surface area contributed by atoms with Crippen molar-refractivity contribution in [2.45, 2.75) is 25.7 Å². The lowest BCUT2D eigenvalue weighted by Crippen LogP contribution is -2.22. The minimum absolute atomic E-state index is 0.110. The second-order valence-corrected chi connectivity index (χ2v) is 4.88. The Morgan fingerprint density at radius 2 is 1.19 bits per heavy atom. The summed E-state index contributed by atoms with van der Waals surface area (Å²) in [5, 5.41) is 32.5. The standard InChI is InChI=1S/C16H18O2.CHNO/c1-3-16(2,12-4-8-14(17)9-5-12)13-6-10-15(18)11-7-13;2-1-3/h4-11,17-18H,3H2,1-2H3;3H. The van der Waals surface area contributed by atoms with Crippen LogP contribution >= 0.6 is 0 Å². The van der Waals surface area contributed by atoms with Gasteiger partial charge in [0.15, 0.2) is 0 Å². The number of aromatic hydroxyl groups is 2. The van der Waals surface area contributed by atoms with Gasteiger partial charge in [0.2, 0.25) is 0 Å². The maximum atomic E-state index is 9.37. The molecule has 0 radical (unpaired) electrons. The minimum Gasteiger partial charge on any atom is -0.508 e. The monoisotopic (exact) mass is 285 g/mol. The number of hydrogen-bond donors (Lipinski definition) is 3. The number of phenolic OH excluding ortho intramolecular Hbond substituents is 2. The van der Waals surface area contributed by atoms with E-state index in [1.807, 2.05) is 24.3 Å². The first-order valence-corrected chi connectivity index (χ1v) is 6.60. The van der Waals surface area contributed by atoms with Crippen LogP contribution in [0, 0.1) is 11.5 Å². The van der Waals surface area contributed by atoms with Crippen molar-refractivity contribution >= 4 is 0 Å². The molecule has 0 unspecified atom stereocenters. The molecule has 0 aromatic heterocycles. The molecule has 0 amide bonds. The van der Waals surface area contributed by atoms with Gasteiger partial charge in [0.1, 0.15) is 11.5 Å². The number of nitriles is 1. The molecule has 0 spiro atoms. The summed E-state index contributed by atoms with van der Waals surface area (Å²) in [6.07, 6.45) is 1.70. The van der Waals surface area contributed by atoms with Crippen molar-refractivity contribution in [3.63, 3.8) is 0 Å². The molecular weight excluding hydrogens is 266 g/mol. The van der Waals surface area contributed by atoms with Gasteiger partial charge in [-0.1, -0.05) is 38.1 Å². The van der Waals surface area contributed by atoms with E-state index >= 15 is 0 Å². The number of nitrogens with zero attached hydrogens (tertiary/aromatic N) is 1. The molecule has 0 saturated carbocycles. The van der Waals surface area contributed by atoms with E-state index in [9.17, 15) is 10.2 Å². The highest BCUT2D eigenvalue weighted by Crippen LogP contribution is 2.36. The topological polar surface area (TPSA) is 84.5 Å². The smallest absolute Gasteiger partial charge is 0.283 e. The Hall–Kier alpha value is -2.67. The van der Waals surface area contributed by atoms with Gasteiger partial charge in [-0.15, -0.1) is 0 Å². The van der Waals surface area contributed by atoms with Gasteiger partial charge < -0.3 is 15.3 Å². The third-order valence-corrected chi connectivity index (χ3v) is 3.72. The van der Waals surface area contributed by atoms with E-state index in [1.54, 1.807) is 24.3 Å². The van der Waals surface area contributed by atoms with Crippen LogP contribution in [0.25, 0.3) is 0 Å². The van der Waals surface area contributed by atoms with Gasteiger partial charge in [0.05, 0.1) is 0 Å². The SMILES string of the molecule is CCC(C)(c1ccc(O)cc1)c1ccc(O)cc1.N#CO. The number of rotatable bonds is 3. The number of aliphatic hydroxyl groups is 1. The van der Waals surface area contributed by atoms with E-state index in [0.717, 1.165) is 23.8 Å². The Kier molecular flexibility index (Phi) is 5.62. The molecule has 0 aliphatic rings. The van der Waals surface area contributed by atoms with Gasteiger partial charge in [0.25, 0.3) is 6.26 Å². The second-order valence-electron chi connectivity index (χ2n) is 4.88. The van der Waals surface area contributed by atoms with Crippen LogP contribution < -0.4 is 0 Å². The third kappa shape index (κ3) is 3.90. The van der Waals surface area contributed by atoms with E-state index in [4.69, 9.17) is 10.4 Å². The average Bonchev–Trinajstić information content (AvgIpc) is 2.49. The molecule has 0 atom stereocenters. The van der Waals surface area contributed by atoms with Crippen LogP contribution in [0.4, 0.5) is 0 Å². The van der Waals surface area contributed by atoms with E-state index in [0.29, 0.717) is 0 Å². The van der Waals surface area contributed by atoms with Crippen LogP contribution in [-0.4, -0.2) is 15.3 Å². The van der Waals surface area contributed by atoms with Crippen molar-refractivity contribution in [2.24, 2.45) is 0 Å². The van der Waals surface area contributed by atoms with Gasteiger partial charge in [-0.25, -0.2) is 0 Å². The Bertz CT molecular complexity index is 552. The summed E-state index contributed by atoms with van der Waals surface area (Å²) in [6.45, 7) is 4.31. The molecule has 2 aromatic carbocycles. The Labute approximate surface area is 124 Å². The van der Waals surface area contributed by atoms with Crippen LogP contribution in [0.15, 0.2) is 48.5 Å². The molecule has 3 N–H and O–H groups in total. The van der Waals surface area contributed by atoms with E-state index in [2.05, 4.69) is 13.8 Å². The summed E-state index contributed by atoms with van der Waals surface area (Å²) in [6, 6.07) is 14.6. The predicted octanol–water partition coefficient (Wildman–Crippen LogP) is 3.65. The fourth-order valence-corrected chi connectivity index (χ4v) is 2.23. The summed E-state index contributed by atoms with van der Waals surface area (Å²) in [4.78, 5) is 0. The second kappa shape index (κ2) is 7.20. The molecule has 0 aliphatic carbocycles. The molecule has 0 bridgehead atoms. The van der Waals surface area contributed by atoms with Crippen LogP contribution in [-0.2, 0) is 5.41 Å². The van der Waals surface area contributed by atoms with Crippen molar-refractivity contribution in [1.82, 2.24) is 0 Å². The molecule has 110 valence electrons. The number of phenols is 2. The van der Waals surface area contributed by atoms with Crippen molar-refractivity contribution < 1.29 is 15.3 Å². The van der Waals surface area contributed by atoms with Gasteiger partial charge in [-0.2, -0.15) is 5.26 Å². The molecule has 2 aromatic rings. The predicted molar refractivity (Wildman–Crippen MR) is 80.5 cm³/mol. The number of hydrogen-bond acceptors (Lipinski definition) is 4. The zero-order chi connectivity index (χ0) is 15.9. The van der Waals surface area contributed by atoms with Crippen LogP contribution in [0.2, 0.25) is 0 Å². The van der Waals surface area contributed by atoms with Crippen molar-refractivity contribution in [1.29, 1.82) is 5.26 Å². The van der Waals surface area contributed by atoms with Crippen LogP contribution in [0.3, 0.4) is 0 Å². The van der Waals surface area contributed by atoms with Gasteiger partial charge >= 0.3 is 0 Å². The highest BCUT2D eigenvalue weighted by atomic mass is 16.3. The van der Waals surface area contributed by atoms with Crippen LogP contribution in [0.1, 0.15) is 31.4 Å². The zero-order valence-electron chi connectivity index (χ0n) is 12.1. The fraction of sp³-hybridized carbons (Fsp3) is 0.235. The van der Waals surface area contributed by atoms with Crippen molar-refractivity contribution in [2.75, 3.05) is 0 Å². The summed E-state index contributed by atoms with van der Waals surface area (Å²) < 4.78 is 0. The summed E-state index contributed by atoms with van der Waals surface area (Å²) in [5.41, 5.74) is 2.21. The quantitative estimate of drug-likeness (QED) is 0.751. The van der Waals surface area contributed by atoms with Crippen LogP contribution in [0.5, 0.6) is 11.5 Å². The van der Waals surface area contributed by atoms with Crippen molar-refractivity contribution in [3.8, 4) is 17.8 Å². The lowest BCUT2D eigenvalue weighted by atomic mass is 9.74. The molecule has 4 heteroatoms. The number of aliphatic hydroxyl groups excluding tert-OH is 1.